The number of piperidine rings is 1. The average Bonchev–Trinajstić information content (AvgIpc) is 2.43. The molecule has 1 aliphatic heterocycles. The molecule has 3 nitrogen and oxygen atoms in total. The molecular formula is C14H26BNO2. The van der Waals surface area contributed by atoms with E-state index in [1.165, 1.54) is 32.4 Å². The maximum absolute atomic E-state index is 11.5. The van der Waals surface area contributed by atoms with E-state index in [-0.39, 0.29) is 11.9 Å². The van der Waals surface area contributed by atoms with Gasteiger partial charge in [0.25, 0.3) is 5.97 Å². The van der Waals surface area contributed by atoms with Gasteiger partial charge in [0.15, 0.2) is 0 Å². The fourth-order valence-corrected chi connectivity index (χ4v) is 2.67. The topological polar surface area (TPSA) is 29.5 Å². The zero-order chi connectivity index (χ0) is 13.2. The van der Waals surface area contributed by atoms with Crippen LogP contribution >= 0.6 is 0 Å². The van der Waals surface area contributed by atoms with Crippen molar-refractivity contribution in [2.75, 3.05) is 19.6 Å². The SMILES string of the molecule is [B]OC(=O)C(CCCC)CCCN1CCCCC1. The highest BCUT2D eigenvalue weighted by Gasteiger charge is 2.18. The molecule has 0 bridgehead atoms. The summed E-state index contributed by atoms with van der Waals surface area (Å²) < 4.78 is 4.40. The van der Waals surface area contributed by atoms with Gasteiger partial charge in [0.1, 0.15) is 0 Å². The molecule has 4 heteroatoms. The Bertz CT molecular complexity index is 230. The van der Waals surface area contributed by atoms with Crippen molar-refractivity contribution < 1.29 is 9.45 Å². The highest BCUT2D eigenvalue weighted by molar-refractivity contribution is 6.05. The third-order valence-corrected chi connectivity index (χ3v) is 3.83. The predicted octanol–water partition coefficient (Wildman–Crippen LogP) is 2.69. The smallest absolute Gasteiger partial charge is 0.378 e. The van der Waals surface area contributed by atoms with Crippen LogP contribution in [0.3, 0.4) is 0 Å². The van der Waals surface area contributed by atoms with Crippen molar-refractivity contribution in [1.29, 1.82) is 0 Å². The number of hydrogen-bond acceptors (Lipinski definition) is 3. The molecule has 18 heavy (non-hydrogen) atoms. The van der Waals surface area contributed by atoms with Gasteiger partial charge >= 0.3 is 8.05 Å². The van der Waals surface area contributed by atoms with Crippen LogP contribution in [0.1, 0.15) is 58.3 Å². The largest absolute Gasteiger partial charge is 0.543 e. The van der Waals surface area contributed by atoms with Crippen LogP contribution in [-0.4, -0.2) is 38.6 Å². The van der Waals surface area contributed by atoms with Gasteiger partial charge in [-0.05, 0) is 51.7 Å². The Kier molecular flexibility index (Phi) is 8.15. The molecule has 0 N–H and O–H groups in total. The Hall–Kier alpha value is -0.505. The van der Waals surface area contributed by atoms with Gasteiger partial charge in [-0.25, -0.2) is 0 Å². The summed E-state index contributed by atoms with van der Waals surface area (Å²) in [6.45, 7) is 5.70. The quantitative estimate of drug-likeness (QED) is 0.621. The predicted molar refractivity (Wildman–Crippen MR) is 74.4 cm³/mol. The lowest BCUT2D eigenvalue weighted by atomic mass is 9.96. The van der Waals surface area contributed by atoms with E-state index in [9.17, 15) is 4.79 Å². The third kappa shape index (κ3) is 5.90. The molecule has 0 aromatic heterocycles. The molecular weight excluding hydrogens is 225 g/mol. The molecule has 1 unspecified atom stereocenters. The van der Waals surface area contributed by atoms with Crippen molar-refractivity contribution in [1.82, 2.24) is 4.90 Å². The molecule has 0 aliphatic carbocycles. The van der Waals surface area contributed by atoms with Gasteiger partial charge in [0, 0.05) is 0 Å². The lowest BCUT2D eigenvalue weighted by Crippen LogP contribution is -2.31. The van der Waals surface area contributed by atoms with Gasteiger partial charge in [-0.1, -0.05) is 26.2 Å². The number of hydrogen-bond donors (Lipinski definition) is 0. The molecule has 1 atom stereocenters. The monoisotopic (exact) mass is 251 g/mol. The van der Waals surface area contributed by atoms with Crippen LogP contribution in [0.5, 0.6) is 0 Å². The standard InChI is InChI=1S/C14H26BNO2/c1-2-3-8-13(14(17)18-15)9-7-12-16-10-5-4-6-11-16/h13H,2-12H2,1H3. The van der Waals surface area contributed by atoms with Crippen molar-refractivity contribution in [2.45, 2.75) is 58.3 Å². The van der Waals surface area contributed by atoms with E-state index in [1.54, 1.807) is 0 Å². The molecule has 1 rings (SSSR count). The summed E-state index contributed by atoms with van der Waals surface area (Å²) in [7, 11) is 5.00. The Balaban J connectivity index is 2.20. The van der Waals surface area contributed by atoms with E-state index in [1.807, 2.05) is 0 Å². The van der Waals surface area contributed by atoms with E-state index < -0.39 is 0 Å². The summed E-state index contributed by atoms with van der Waals surface area (Å²) in [5, 5.41) is 0. The molecule has 1 aliphatic rings. The minimum atomic E-state index is -0.234. The lowest BCUT2D eigenvalue weighted by Gasteiger charge is -2.26. The van der Waals surface area contributed by atoms with Gasteiger partial charge in [-0.2, -0.15) is 0 Å². The molecule has 0 aromatic rings. The van der Waals surface area contributed by atoms with Crippen molar-refractivity contribution in [3.05, 3.63) is 0 Å². The van der Waals surface area contributed by atoms with E-state index in [0.29, 0.717) is 0 Å². The summed E-state index contributed by atoms with van der Waals surface area (Å²) in [6.07, 6.45) is 9.09. The Morgan fingerprint density at radius 2 is 1.89 bits per heavy atom. The first-order valence-corrected chi connectivity index (χ1v) is 7.40. The first-order valence-electron chi connectivity index (χ1n) is 7.40. The normalized spacial score (nSPS) is 18.5. The first kappa shape index (κ1) is 15.6. The first-order chi connectivity index (χ1) is 8.77. The van der Waals surface area contributed by atoms with Crippen molar-refractivity contribution in [3.8, 4) is 0 Å². The van der Waals surface area contributed by atoms with Crippen LogP contribution in [0.4, 0.5) is 0 Å². The number of likely N-dealkylation sites (tertiary alicyclic amines) is 1. The molecule has 1 fully saturated rings. The maximum Gasteiger partial charge on any atom is 0.378 e. The fraction of sp³-hybridized carbons (Fsp3) is 0.929. The zero-order valence-corrected chi connectivity index (χ0v) is 11.7. The number of unbranched alkanes of at least 4 members (excludes halogenated alkanes) is 1. The van der Waals surface area contributed by atoms with Crippen LogP contribution < -0.4 is 0 Å². The van der Waals surface area contributed by atoms with Gasteiger partial charge in [0.05, 0.1) is 5.92 Å². The molecule has 0 saturated carbocycles. The van der Waals surface area contributed by atoms with E-state index in [2.05, 4.69) is 16.5 Å². The maximum atomic E-state index is 11.5. The highest BCUT2D eigenvalue weighted by atomic mass is 16.5. The van der Waals surface area contributed by atoms with Gasteiger partial charge in [0.2, 0.25) is 0 Å². The van der Waals surface area contributed by atoms with Gasteiger partial charge in [-0.15, -0.1) is 0 Å². The summed E-state index contributed by atoms with van der Waals surface area (Å²) >= 11 is 0. The molecule has 0 aromatic carbocycles. The number of rotatable bonds is 8. The minimum Gasteiger partial charge on any atom is -0.543 e. The highest BCUT2D eigenvalue weighted by Crippen LogP contribution is 2.18. The summed E-state index contributed by atoms with van der Waals surface area (Å²) in [5.74, 6) is -0.234. The Morgan fingerprint density at radius 1 is 1.22 bits per heavy atom. The van der Waals surface area contributed by atoms with Gasteiger partial charge < -0.3 is 9.55 Å². The summed E-state index contributed by atoms with van der Waals surface area (Å²) in [5.41, 5.74) is 0. The molecule has 0 spiro atoms. The Morgan fingerprint density at radius 3 is 2.50 bits per heavy atom. The van der Waals surface area contributed by atoms with Crippen molar-refractivity contribution in [2.24, 2.45) is 5.92 Å². The van der Waals surface area contributed by atoms with Crippen LogP contribution in [0, 0.1) is 5.92 Å². The molecule has 0 amide bonds. The number of carbonyl (C=O) groups is 1. The summed E-state index contributed by atoms with van der Waals surface area (Å²) in [6, 6.07) is 0. The van der Waals surface area contributed by atoms with Crippen LogP contribution in [0.25, 0.3) is 0 Å². The molecule has 1 heterocycles. The van der Waals surface area contributed by atoms with Gasteiger partial charge in [-0.3, -0.25) is 4.79 Å². The molecule has 1 saturated heterocycles. The van der Waals surface area contributed by atoms with E-state index in [4.69, 9.17) is 8.05 Å². The zero-order valence-electron chi connectivity index (χ0n) is 11.7. The number of nitrogens with zero attached hydrogens (tertiary/aromatic N) is 1. The second-order valence-corrected chi connectivity index (χ2v) is 5.32. The van der Waals surface area contributed by atoms with Crippen LogP contribution in [0.15, 0.2) is 0 Å². The average molecular weight is 251 g/mol. The van der Waals surface area contributed by atoms with Crippen LogP contribution in [0.2, 0.25) is 0 Å². The molecule has 102 valence electrons. The van der Waals surface area contributed by atoms with Crippen molar-refractivity contribution in [3.63, 3.8) is 0 Å². The minimum absolute atomic E-state index is 0.000240. The van der Waals surface area contributed by atoms with Crippen LogP contribution in [-0.2, 0) is 9.45 Å². The fourth-order valence-electron chi connectivity index (χ4n) is 2.67. The second kappa shape index (κ2) is 9.43. The van der Waals surface area contributed by atoms with E-state index >= 15 is 0 Å². The summed E-state index contributed by atoms with van der Waals surface area (Å²) in [4.78, 5) is 14.0. The second-order valence-electron chi connectivity index (χ2n) is 5.32. The number of carbonyl (C=O) groups excluding carboxylic acids is 1. The third-order valence-electron chi connectivity index (χ3n) is 3.83. The Labute approximate surface area is 113 Å². The molecule has 2 radical (unpaired) electrons. The lowest BCUT2D eigenvalue weighted by molar-refractivity contribution is -0.139. The van der Waals surface area contributed by atoms with Crippen molar-refractivity contribution >= 4 is 14.0 Å². The van der Waals surface area contributed by atoms with E-state index in [0.717, 1.165) is 38.6 Å².